The van der Waals surface area contributed by atoms with Gasteiger partial charge in [-0.25, -0.2) is 8.78 Å². The van der Waals surface area contributed by atoms with E-state index in [1.54, 1.807) is 0 Å². The van der Waals surface area contributed by atoms with E-state index >= 15 is 0 Å². The van der Waals surface area contributed by atoms with Gasteiger partial charge in [0.1, 0.15) is 0 Å². The van der Waals surface area contributed by atoms with Crippen molar-refractivity contribution in [3.05, 3.63) is 34.4 Å². The van der Waals surface area contributed by atoms with Crippen LogP contribution in [0.5, 0.6) is 0 Å². The number of alkyl halides is 2. The third-order valence-corrected chi connectivity index (χ3v) is 1.52. The van der Waals surface area contributed by atoms with Crippen LogP contribution in [-0.4, -0.2) is 17.9 Å². The quantitative estimate of drug-likeness (QED) is 0.601. The van der Waals surface area contributed by atoms with Crippen LogP contribution in [0.4, 0.5) is 20.2 Å². The average Bonchev–Trinajstić information content (AvgIpc) is 2.15. The third kappa shape index (κ3) is 2.96. The van der Waals surface area contributed by atoms with Crippen molar-refractivity contribution in [1.29, 1.82) is 0 Å². The number of rotatable bonds is 4. The van der Waals surface area contributed by atoms with E-state index in [1.807, 2.05) is 0 Å². The number of hydrogen-bond donors (Lipinski definition) is 1. The summed E-state index contributed by atoms with van der Waals surface area (Å²) in [6.07, 6.45) is -2.48. The molecule has 0 saturated heterocycles. The minimum atomic E-state index is -2.48. The highest BCUT2D eigenvalue weighted by atomic mass is 19.3. The molecule has 0 saturated carbocycles. The molecular weight excluding hydrogens is 194 g/mol. The number of nitro groups is 1. The van der Waals surface area contributed by atoms with Gasteiger partial charge in [0.2, 0.25) is 0 Å². The lowest BCUT2D eigenvalue weighted by molar-refractivity contribution is -0.384. The van der Waals surface area contributed by atoms with Crippen LogP contribution in [0.3, 0.4) is 0 Å². The van der Waals surface area contributed by atoms with Gasteiger partial charge in [0.25, 0.3) is 12.1 Å². The maximum Gasteiger partial charge on any atom is 0.271 e. The van der Waals surface area contributed by atoms with Gasteiger partial charge in [0.15, 0.2) is 0 Å². The van der Waals surface area contributed by atoms with Crippen LogP contribution in [0.1, 0.15) is 0 Å². The van der Waals surface area contributed by atoms with Crippen LogP contribution in [-0.2, 0) is 0 Å². The van der Waals surface area contributed by atoms with E-state index in [0.29, 0.717) is 5.69 Å². The van der Waals surface area contributed by atoms with Crippen molar-refractivity contribution in [3.63, 3.8) is 0 Å². The summed E-state index contributed by atoms with van der Waals surface area (Å²) in [5.41, 5.74) is 0.198. The van der Waals surface area contributed by atoms with Gasteiger partial charge >= 0.3 is 0 Å². The van der Waals surface area contributed by atoms with Crippen LogP contribution in [0.2, 0.25) is 0 Å². The molecule has 0 bridgehead atoms. The molecule has 0 aromatic heterocycles. The van der Waals surface area contributed by atoms with E-state index in [4.69, 9.17) is 0 Å². The molecule has 0 atom stereocenters. The summed E-state index contributed by atoms with van der Waals surface area (Å²) in [5.74, 6) is 0. The number of benzene rings is 1. The standard InChI is InChI=1S/C8H8F2N2O2/c9-8(10)5-11-6-2-1-3-7(4-6)12(13)14/h1-4,8,11H,5H2. The smallest absolute Gasteiger partial charge is 0.271 e. The Kier molecular flexibility index (Phi) is 3.33. The Bertz CT molecular complexity index is 331. The van der Waals surface area contributed by atoms with Gasteiger partial charge in [-0.15, -0.1) is 0 Å². The summed E-state index contributed by atoms with van der Waals surface area (Å²) in [4.78, 5) is 9.75. The Labute approximate surface area is 78.7 Å². The Balaban J connectivity index is 2.69. The summed E-state index contributed by atoms with van der Waals surface area (Å²) in [6, 6.07) is 5.44. The number of hydrogen-bond acceptors (Lipinski definition) is 3. The number of anilines is 1. The fourth-order valence-electron chi connectivity index (χ4n) is 0.924. The minimum absolute atomic E-state index is 0.121. The second-order valence-corrected chi connectivity index (χ2v) is 2.58. The van der Waals surface area contributed by atoms with E-state index in [9.17, 15) is 18.9 Å². The monoisotopic (exact) mass is 202 g/mol. The van der Waals surface area contributed by atoms with Crippen molar-refractivity contribution in [2.45, 2.75) is 6.43 Å². The van der Waals surface area contributed by atoms with Gasteiger partial charge in [-0.05, 0) is 6.07 Å². The van der Waals surface area contributed by atoms with Crippen LogP contribution < -0.4 is 5.32 Å². The van der Waals surface area contributed by atoms with Crippen molar-refractivity contribution >= 4 is 11.4 Å². The lowest BCUT2D eigenvalue weighted by Gasteiger charge is -2.04. The molecule has 76 valence electrons. The molecule has 0 fully saturated rings. The van der Waals surface area contributed by atoms with Crippen LogP contribution in [0.25, 0.3) is 0 Å². The lowest BCUT2D eigenvalue weighted by atomic mass is 10.3. The minimum Gasteiger partial charge on any atom is -0.379 e. The lowest BCUT2D eigenvalue weighted by Crippen LogP contribution is -2.10. The summed E-state index contributed by atoms with van der Waals surface area (Å²) in [7, 11) is 0. The first-order chi connectivity index (χ1) is 6.59. The molecule has 1 rings (SSSR count). The number of non-ortho nitro benzene ring substituents is 1. The average molecular weight is 202 g/mol. The molecule has 4 nitrogen and oxygen atoms in total. The molecule has 0 unspecified atom stereocenters. The van der Waals surface area contributed by atoms with Gasteiger partial charge < -0.3 is 5.32 Å². The summed E-state index contributed by atoms with van der Waals surface area (Å²) < 4.78 is 23.6. The van der Waals surface area contributed by atoms with Gasteiger partial charge in [-0.3, -0.25) is 10.1 Å². The van der Waals surface area contributed by atoms with E-state index in [-0.39, 0.29) is 5.69 Å². The molecule has 14 heavy (non-hydrogen) atoms. The fourth-order valence-corrected chi connectivity index (χ4v) is 0.924. The van der Waals surface area contributed by atoms with Crippen molar-refractivity contribution < 1.29 is 13.7 Å². The Morgan fingerprint density at radius 2 is 2.21 bits per heavy atom. The SMILES string of the molecule is O=[N+]([O-])c1cccc(NCC(F)F)c1. The maximum atomic E-state index is 11.8. The maximum absolute atomic E-state index is 11.8. The van der Waals surface area contributed by atoms with Crippen molar-refractivity contribution in [2.75, 3.05) is 11.9 Å². The van der Waals surface area contributed by atoms with E-state index in [1.165, 1.54) is 24.3 Å². The summed E-state index contributed by atoms with van der Waals surface area (Å²) in [5, 5.41) is 12.7. The van der Waals surface area contributed by atoms with Gasteiger partial charge in [-0.1, -0.05) is 6.07 Å². The highest BCUT2D eigenvalue weighted by molar-refractivity contribution is 5.50. The number of halogens is 2. The first-order valence-electron chi connectivity index (χ1n) is 3.86. The Morgan fingerprint density at radius 1 is 1.50 bits per heavy atom. The molecule has 0 amide bonds. The molecule has 1 aromatic rings. The van der Waals surface area contributed by atoms with Crippen molar-refractivity contribution in [2.24, 2.45) is 0 Å². The Hall–Kier alpha value is -1.72. The molecule has 0 aliphatic heterocycles. The fraction of sp³-hybridized carbons (Fsp3) is 0.250. The van der Waals surface area contributed by atoms with Gasteiger partial charge in [0, 0.05) is 17.8 Å². The van der Waals surface area contributed by atoms with Crippen molar-refractivity contribution in [3.8, 4) is 0 Å². The Morgan fingerprint density at radius 3 is 2.79 bits per heavy atom. The topological polar surface area (TPSA) is 55.2 Å². The van der Waals surface area contributed by atoms with Crippen LogP contribution in [0.15, 0.2) is 24.3 Å². The number of nitrogens with zero attached hydrogens (tertiary/aromatic N) is 1. The second-order valence-electron chi connectivity index (χ2n) is 2.58. The van der Waals surface area contributed by atoms with E-state index in [2.05, 4.69) is 5.32 Å². The number of nitro benzene ring substituents is 1. The largest absolute Gasteiger partial charge is 0.379 e. The van der Waals surface area contributed by atoms with Crippen LogP contribution >= 0.6 is 0 Å². The van der Waals surface area contributed by atoms with Crippen molar-refractivity contribution in [1.82, 2.24) is 0 Å². The molecule has 0 aliphatic rings. The zero-order valence-electron chi connectivity index (χ0n) is 7.11. The van der Waals surface area contributed by atoms with Gasteiger partial charge in [0.05, 0.1) is 11.5 Å². The molecule has 0 heterocycles. The van der Waals surface area contributed by atoms with Crippen LogP contribution in [0, 0.1) is 10.1 Å². The second kappa shape index (κ2) is 4.50. The molecule has 1 N–H and O–H groups in total. The molecular formula is C8H8F2N2O2. The van der Waals surface area contributed by atoms with E-state index < -0.39 is 17.9 Å². The molecule has 1 aromatic carbocycles. The predicted molar refractivity (Wildman–Crippen MR) is 47.6 cm³/mol. The third-order valence-electron chi connectivity index (χ3n) is 1.52. The highest BCUT2D eigenvalue weighted by Crippen LogP contribution is 2.16. The summed E-state index contributed by atoms with van der Waals surface area (Å²) >= 11 is 0. The number of nitrogens with one attached hydrogen (secondary N) is 1. The molecule has 0 aliphatic carbocycles. The zero-order chi connectivity index (χ0) is 10.6. The first-order valence-corrected chi connectivity index (χ1v) is 3.86. The van der Waals surface area contributed by atoms with E-state index in [0.717, 1.165) is 0 Å². The first kappa shape index (κ1) is 10.4. The molecule has 6 heteroatoms. The normalized spacial score (nSPS) is 10.2. The highest BCUT2D eigenvalue weighted by Gasteiger charge is 2.06. The molecule has 0 radical (unpaired) electrons. The molecule has 0 spiro atoms. The van der Waals surface area contributed by atoms with Gasteiger partial charge in [-0.2, -0.15) is 0 Å². The predicted octanol–water partition coefficient (Wildman–Crippen LogP) is 2.27. The zero-order valence-corrected chi connectivity index (χ0v) is 7.11. The summed E-state index contributed by atoms with van der Waals surface area (Å²) in [6.45, 7) is -0.513.